The highest BCUT2D eigenvalue weighted by atomic mass is 32.2. The summed E-state index contributed by atoms with van der Waals surface area (Å²) >= 11 is 0. The summed E-state index contributed by atoms with van der Waals surface area (Å²) in [7, 11) is -1.83. The van der Waals surface area contributed by atoms with Crippen molar-refractivity contribution < 1.29 is 17.9 Å². The van der Waals surface area contributed by atoms with Crippen molar-refractivity contribution in [2.45, 2.75) is 37.7 Å². The van der Waals surface area contributed by atoms with E-state index in [-0.39, 0.29) is 6.10 Å². The number of benzene rings is 2. The second kappa shape index (κ2) is 7.68. The summed E-state index contributed by atoms with van der Waals surface area (Å²) < 4.78 is 38.6. The van der Waals surface area contributed by atoms with E-state index < -0.39 is 10.0 Å². The van der Waals surface area contributed by atoms with Gasteiger partial charge in [-0.3, -0.25) is 0 Å². The van der Waals surface area contributed by atoms with Gasteiger partial charge < -0.3 is 9.47 Å². The summed E-state index contributed by atoms with van der Waals surface area (Å²) in [5.41, 5.74) is 1.74. The van der Waals surface area contributed by atoms with Crippen LogP contribution in [0.4, 0.5) is 0 Å². The SMILES string of the molecule is COc1ccc(OC2CCN(S(=O)(=O)c3cc(C)ccc3C)CC2)cc1. The molecule has 1 aliphatic heterocycles. The fraction of sp³-hybridized carbons (Fsp3) is 0.400. The Kier molecular flexibility index (Phi) is 5.53. The number of hydrogen-bond acceptors (Lipinski definition) is 4. The number of sulfonamides is 1. The molecule has 2 aromatic rings. The first-order valence-corrected chi connectivity index (χ1v) is 10.2. The summed E-state index contributed by atoms with van der Waals surface area (Å²) in [6.07, 6.45) is 1.38. The monoisotopic (exact) mass is 375 g/mol. The molecule has 0 aromatic heterocycles. The topological polar surface area (TPSA) is 55.8 Å². The van der Waals surface area contributed by atoms with Crippen LogP contribution < -0.4 is 9.47 Å². The average molecular weight is 375 g/mol. The summed E-state index contributed by atoms with van der Waals surface area (Å²) in [6, 6.07) is 13.0. The molecule has 3 rings (SSSR count). The lowest BCUT2D eigenvalue weighted by Crippen LogP contribution is -2.41. The Balaban J connectivity index is 1.64. The van der Waals surface area contributed by atoms with E-state index in [4.69, 9.17) is 9.47 Å². The molecule has 0 saturated carbocycles. The molecule has 0 amide bonds. The number of piperidine rings is 1. The molecule has 0 unspecified atom stereocenters. The standard InChI is InChI=1S/C20H25NO4S/c1-15-4-5-16(2)20(14-15)26(22,23)21-12-10-19(11-13-21)25-18-8-6-17(24-3)7-9-18/h4-9,14,19H,10-13H2,1-3H3. The Hall–Kier alpha value is -2.05. The van der Waals surface area contributed by atoms with E-state index in [2.05, 4.69) is 0 Å². The number of methoxy groups -OCH3 is 1. The fourth-order valence-corrected chi connectivity index (χ4v) is 4.94. The molecule has 2 aromatic carbocycles. The Morgan fingerprint density at radius 2 is 1.58 bits per heavy atom. The summed E-state index contributed by atoms with van der Waals surface area (Å²) in [5.74, 6) is 1.56. The molecule has 5 nitrogen and oxygen atoms in total. The Morgan fingerprint density at radius 1 is 0.962 bits per heavy atom. The minimum absolute atomic E-state index is 0.0217. The van der Waals surface area contributed by atoms with E-state index in [9.17, 15) is 8.42 Å². The zero-order chi connectivity index (χ0) is 18.7. The predicted octanol–water partition coefficient (Wildman–Crippen LogP) is 3.54. The number of hydrogen-bond donors (Lipinski definition) is 0. The molecule has 0 atom stereocenters. The highest BCUT2D eigenvalue weighted by molar-refractivity contribution is 7.89. The van der Waals surface area contributed by atoms with Crippen LogP contribution in [0.1, 0.15) is 24.0 Å². The van der Waals surface area contributed by atoms with Crippen molar-refractivity contribution in [3.63, 3.8) is 0 Å². The van der Waals surface area contributed by atoms with Gasteiger partial charge in [0, 0.05) is 13.1 Å². The minimum Gasteiger partial charge on any atom is -0.497 e. The predicted molar refractivity (Wildman–Crippen MR) is 101 cm³/mol. The second-order valence-corrected chi connectivity index (χ2v) is 8.57. The Bertz CT molecular complexity index is 854. The first-order chi connectivity index (χ1) is 12.4. The molecule has 0 bridgehead atoms. The fourth-order valence-electron chi connectivity index (χ4n) is 3.16. The van der Waals surface area contributed by atoms with E-state index in [0.29, 0.717) is 30.8 Å². The van der Waals surface area contributed by atoms with E-state index in [1.807, 2.05) is 50.2 Å². The quantitative estimate of drug-likeness (QED) is 0.802. The van der Waals surface area contributed by atoms with Crippen LogP contribution in [0.2, 0.25) is 0 Å². The highest BCUT2D eigenvalue weighted by Gasteiger charge is 2.31. The number of nitrogens with zero attached hydrogens (tertiary/aromatic N) is 1. The number of rotatable bonds is 5. The lowest BCUT2D eigenvalue weighted by molar-refractivity contribution is 0.135. The summed E-state index contributed by atoms with van der Waals surface area (Å²) in [5, 5.41) is 0. The van der Waals surface area contributed by atoms with E-state index >= 15 is 0 Å². The molecular weight excluding hydrogens is 350 g/mol. The van der Waals surface area contributed by atoms with Crippen LogP contribution in [0, 0.1) is 13.8 Å². The van der Waals surface area contributed by atoms with Gasteiger partial charge in [0.2, 0.25) is 10.0 Å². The van der Waals surface area contributed by atoms with Gasteiger partial charge in [0.25, 0.3) is 0 Å². The maximum Gasteiger partial charge on any atom is 0.243 e. The average Bonchev–Trinajstić information content (AvgIpc) is 2.65. The molecule has 140 valence electrons. The molecule has 1 aliphatic rings. The van der Waals surface area contributed by atoms with Crippen molar-refractivity contribution >= 4 is 10.0 Å². The summed E-state index contributed by atoms with van der Waals surface area (Å²) in [6.45, 7) is 4.69. The zero-order valence-corrected chi connectivity index (χ0v) is 16.3. The van der Waals surface area contributed by atoms with Crippen molar-refractivity contribution in [3.8, 4) is 11.5 Å². The van der Waals surface area contributed by atoms with Gasteiger partial charge in [0.05, 0.1) is 12.0 Å². The molecular formula is C20H25NO4S. The van der Waals surface area contributed by atoms with Gasteiger partial charge in [0.1, 0.15) is 17.6 Å². The van der Waals surface area contributed by atoms with Crippen molar-refractivity contribution in [2.75, 3.05) is 20.2 Å². The largest absolute Gasteiger partial charge is 0.497 e. The van der Waals surface area contributed by atoms with Crippen LogP contribution in [0.15, 0.2) is 47.4 Å². The maximum absolute atomic E-state index is 13.0. The lowest BCUT2D eigenvalue weighted by atomic mass is 10.1. The van der Waals surface area contributed by atoms with Crippen LogP contribution in [0.3, 0.4) is 0 Å². The third-order valence-electron chi connectivity index (χ3n) is 4.72. The number of aryl methyl sites for hydroxylation is 2. The van der Waals surface area contributed by atoms with Gasteiger partial charge in [-0.05, 0) is 68.1 Å². The van der Waals surface area contributed by atoms with E-state index in [1.54, 1.807) is 17.5 Å². The summed E-state index contributed by atoms with van der Waals surface area (Å²) in [4.78, 5) is 0.409. The van der Waals surface area contributed by atoms with Crippen LogP contribution in [-0.4, -0.2) is 39.0 Å². The van der Waals surface area contributed by atoms with Gasteiger partial charge in [0.15, 0.2) is 0 Å². The van der Waals surface area contributed by atoms with Gasteiger partial charge in [-0.25, -0.2) is 8.42 Å². The third kappa shape index (κ3) is 4.02. The molecule has 0 spiro atoms. The van der Waals surface area contributed by atoms with Crippen LogP contribution in [0.25, 0.3) is 0 Å². The van der Waals surface area contributed by atoms with Gasteiger partial charge in [-0.1, -0.05) is 12.1 Å². The van der Waals surface area contributed by atoms with Crippen LogP contribution in [-0.2, 0) is 10.0 Å². The smallest absolute Gasteiger partial charge is 0.243 e. The molecule has 6 heteroatoms. The van der Waals surface area contributed by atoms with Crippen molar-refractivity contribution in [1.29, 1.82) is 0 Å². The molecule has 1 saturated heterocycles. The van der Waals surface area contributed by atoms with Gasteiger partial charge >= 0.3 is 0 Å². The first-order valence-electron chi connectivity index (χ1n) is 8.78. The van der Waals surface area contributed by atoms with Gasteiger partial charge in [-0.15, -0.1) is 0 Å². The van der Waals surface area contributed by atoms with Gasteiger partial charge in [-0.2, -0.15) is 4.31 Å². The Morgan fingerprint density at radius 3 is 2.19 bits per heavy atom. The zero-order valence-electron chi connectivity index (χ0n) is 15.4. The normalized spacial score (nSPS) is 16.4. The van der Waals surface area contributed by atoms with Crippen molar-refractivity contribution in [1.82, 2.24) is 4.31 Å². The number of ether oxygens (including phenoxy) is 2. The molecule has 1 heterocycles. The Labute approximate surface area is 155 Å². The van der Waals surface area contributed by atoms with Crippen LogP contribution >= 0.6 is 0 Å². The second-order valence-electron chi connectivity index (χ2n) is 6.67. The molecule has 1 fully saturated rings. The highest BCUT2D eigenvalue weighted by Crippen LogP contribution is 2.26. The van der Waals surface area contributed by atoms with Crippen molar-refractivity contribution in [2.24, 2.45) is 0 Å². The third-order valence-corrected chi connectivity index (χ3v) is 6.77. The molecule has 0 N–H and O–H groups in total. The molecule has 26 heavy (non-hydrogen) atoms. The minimum atomic E-state index is -3.46. The maximum atomic E-state index is 13.0. The van der Waals surface area contributed by atoms with Crippen molar-refractivity contribution in [3.05, 3.63) is 53.6 Å². The lowest BCUT2D eigenvalue weighted by Gasteiger charge is -2.31. The van der Waals surface area contributed by atoms with E-state index in [0.717, 1.165) is 22.6 Å². The van der Waals surface area contributed by atoms with Crippen LogP contribution in [0.5, 0.6) is 11.5 Å². The molecule has 0 aliphatic carbocycles. The van der Waals surface area contributed by atoms with E-state index in [1.165, 1.54) is 0 Å². The molecule has 0 radical (unpaired) electrons. The first kappa shape index (κ1) is 18.7.